The van der Waals surface area contributed by atoms with Crippen LogP contribution in [-0.4, -0.2) is 28.5 Å². The number of nitrogens with zero attached hydrogens (tertiary/aromatic N) is 2. The van der Waals surface area contributed by atoms with Gasteiger partial charge in [0.2, 0.25) is 0 Å². The highest BCUT2D eigenvalue weighted by molar-refractivity contribution is 9.10. The summed E-state index contributed by atoms with van der Waals surface area (Å²) in [6.07, 6.45) is 4.05. The maximum absolute atomic E-state index is 12.5. The Labute approximate surface area is 120 Å². The van der Waals surface area contributed by atoms with E-state index in [0.29, 0.717) is 4.47 Å². The summed E-state index contributed by atoms with van der Waals surface area (Å²) in [5, 5.41) is 18.8. The van der Waals surface area contributed by atoms with Gasteiger partial charge in [-0.05, 0) is 31.0 Å². The van der Waals surface area contributed by atoms with Crippen molar-refractivity contribution in [3.05, 3.63) is 28.2 Å². The van der Waals surface area contributed by atoms with Crippen molar-refractivity contribution < 1.29 is 9.90 Å². The minimum atomic E-state index is -0.265. The number of halogens is 1. The Morgan fingerprint density at radius 2 is 2.16 bits per heavy atom. The van der Waals surface area contributed by atoms with Crippen LogP contribution in [-0.2, 0) is 0 Å². The van der Waals surface area contributed by atoms with Gasteiger partial charge in [0.05, 0.1) is 11.6 Å². The number of hydrogen-bond donors (Lipinski definition) is 1. The molecule has 100 valence electrons. The van der Waals surface area contributed by atoms with Gasteiger partial charge in [-0.25, -0.2) is 0 Å². The third-order valence-corrected chi connectivity index (χ3v) is 3.95. The second-order valence-corrected chi connectivity index (χ2v) is 5.61. The van der Waals surface area contributed by atoms with Crippen LogP contribution in [0.25, 0.3) is 0 Å². The van der Waals surface area contributed by atoms with Crippen molar-refractivity contribution in [3.63, 3.8) is 0 Å². The predicted molar refractivity (Wildman–Crippen MR) is 74.7 cm³/mol. The number of phenolic OH excluding ortho intramolecular Hbond substituents is 1. The van der Waals surface area contributed by atoms with E-state index in [1.165, 1.54) is 6.07 Å². The monoisotopic (exact) mass is 322 g/mol. The Morgan fingerprint density at radius 3 is 2.74 bits per heavy atom. The highest BCUT2D eigenvalue weighted by Gasteiger charge is 2.28. The Balaban J connectivity index is 2.25. The van der Waals surface area contributed by atoms with Gasteiger partial charge in [-0.1, -0.05) is 28.8 Å². The molecule has 1 saturated carbocycles. The molecule has 2 rings (SSSR count). The lowest BCUT2D eigenvalue weighted by Crippen LogP contribution is -2.39. The normalized spacial score (nSPS) is 15.2. The van der Waals surface area contributed by atoms with E-state index in [4.69, 9.17) is 5.26 Å². The second-order valence-electron chi connectivity index (χ2n) is 4.69. The summed E-state index contributed by atoms with van der Waals surface area (Å²) >= 11 is 3.24. The largest absolute Gasteiger partial charge is 0.507 e. The average molecular weight is 323 g/mol. The van der Waals surface area contributed by atoms with E-state index >= 15 is 0 Å². The van der Waals surface area contributed by atoms with Gasteiger partial charge in [-0.3, -0.25) is 4.79 Å². The summed E-state index contributed by atoms with van der Waals surface area (Å²) in [6, 6.07) is 6.95. The number of carbonyl (C=O) groups is 1. The van der Waals surface area contributed by atoms with Crippen molar-refractivity contribution in [2.45, 2.75) is 31.7 Å². The molecule has 1 aliphatic rings. The van der Waals surface area contributed by atoms with E-state index in [1.54, 1.807) is 17.0 Å². The van der Waals surface area contributed by atoms with Gasteiger partial charge in [0, 0.05) is 10.5 Å². The minimum Gasteiger partial charge on any atom is -0.507 e. The van der Waals surface area contributed by atoms with E-state index in [-0.39, 0.29) is 29.8 Å². The van der Waals surface area contributed by atoms with Gasteiger partial charge < -0.3 is 10.0 Å². The third kappa shape index (κ3) is 3.07. The lowest BCUT2D eigenvalue weighted by atomic mass is 10.1. The molecule has 0 saturated heterocycles. The number of carbonyl (C=O) groups excluding carboxylic acids is 1. The molecule has 1 aliphatic carbocycles. The fourth-order valence-corrected chi connectivity index (χ4v) is 2.85. The molecule has 0 radical (unpaired) electrons. The van der Waals surface area contributed by atoms with Crippen LogP contribution >= 0.6 is 15.9 Å². The molecule has 0 aromatic heterocycles. The zero-order chi connectivity index (χ0) is 13.8. The number of rotatable bonds is 3. The number of phenols is 1. The molecule has 4 nitrogen and oxygen atoms in total. The molecular weight excluding hydrogens is 308 g/mol. The molecule has 0 spiro atoms. The quantitative estimate of drug-likeness (QED) is 0.870. The fourth-order valence-electron chi connectivity index (χ4n) is 2.50. The first-order valence-corrected chi connectivity index (χ1v) is 7.09. The topological polar surface area (TPSA) is 64.3 Å². The highest BCUT2D eigenvalue weighted by Crippen LogP contribution is 2.28. The summed E-state index contributed by atoms with van der Waals surface area (Å²) in [7, 11) is 0. The number of benzene rings is 1. The SMILES string of the molecule is N#CCN(C(=O)c1ccc(Br)cc1O)C1CCCC1. The van der Waals surface area contributed by atoms with E-state index in [0.717, 1.165) is 25.7 Å². The van der Waals surface area contributed by atoms with Crippen LogP contribution in [0.5, 0.6) is 5.75 Å². The zero-order valence-electron chi connectivity index (χ0n) is 10.5. The average Bonchev–Trinajstić information content (AvgIpc) is 2.89. The van der Waals surface area contributed by atoms with Gasteiger partial charge in [0.1, 0.15) is 12.3 Å². The van der Waals surface area contributed by atoms with Crippen molar-refractivity contribution in [2.75, 3.05) is 6.54 Å². The van der Waals surface area contributed by atoms with Crippen molar-refractivity contribution in [1.82, 2.24) is 4.90 Å². The van der Waals surface area contributed by atoms with E-state index in [2.05, 4.69) is 15.9 Å². The summed E-state index contributed by atoms with van der Waals surface area (Å²) in [4.78, 5) is 14.0. The first-order chi connectivity index (χ1) is 9.13. The molecule has 0 atom stereocenters. The summed E-state index contributed by atoms with van der Waals surface area (Å²) < 4.78 is 0.717. The molecule has 1 amide bonds. The molecule has 0 bridgehead atoms. The predicted octanol–water partition coefficient (Wildman–Crippen LogP) is 3.06. The maximum atomic E-state index is 12.5. The molecule has 0 heterocycles. The molecule has 0 unspecified atom stereocenters. The van der Waals surface area contributed by atoms with Gasteiger partial charge in [0.25, 0.3) is 5.91 Å². The minimum absolute atomic E-state index is 0.0553. The van der Waals surface area contributed by atoms with Gasteiger partial charge in [0.15, 0.2) is 0 Å². The second kappa shape index (κ2) is 6.07. The number of hydrogen-bond acceptors (Lipinski definition) is 3. The van der Waals surface area contributed by atoms with E-state index in [1.807, 2.05) is 6.07 Å². The van der Waals surface area contributed by atoms with Crippen molar-refractivity contribution in [3.8, 4) is 11.8 Å². The lowest BCUT2D eigenvalue weighted by Gasteiger charge is -2.26. The number of nitriles is 1. The number of aromatic hydroxyl groups is 1. The van der Waals surface area contributed by atoms with Crippen molar-refractivity contribution in [2.24, 2.45) is 0 Å². The molecule has 1 fully saturated rings. The van der Waals surface area contributed by atoms with Crippen LogP contribution in [0, 0.1) is 11.3 Å². The van der Waals surface area contributed by atoms with Crippen molar-refractivity contribution >= 4 is 21.8 Å². The van der Waals surface area contributed by atoms with Crippen molar-refractivity contribution in [1.29, 1.82) is 5.26 Å². The molecule has 5 heteroatoms. The summed E-state index contributed by atoms with van der Waals surface area (Å²) in [5.74, 6) is -0.321. The number of amides is 1. The van der Waals surface area contributed by atoms with Crippen LogP contribution in [0.1, 0.15) is 36.0 Å². The Morgan fingerprint density at radius 1 is 1.47 bits per heavy atom. The van der Waals surface area contributed by atoms with Crippen LogP contribution < -0.4 is 0 Å². The summed E-state index contributed by atoms with van der Waals surface area (Å²) in [5.41, 5.74) is 0.255. The molecule has 1 N–H and O–H groups in total. The molecule has 1 aromatic rings. The van der Waals surface area contributed by atoms with Crippen LogP contribution in [0.15, 0.2) is 22.7 Å². The molecule has 0 aliphatic heterocycles. The first-order valence-electron chi connectivity index (χ1n) is 6.30. The fraction of sp³-hybridized carbons (Fsp3) is 0.429. The van der Waals surface area contributed by atoms with E-state index in [9.17, 15) is 9.90 Å². The highest BCUT2D eigenvalue weighted by atomic mass is 79.9. The summed E-state index contributed by atoms with van der Waals surface area (Å²) in [6.45, 7) is 0.0685. The van der Waals surface area contributed by atoms with Gasteiger partial charge >= 0.3 is 0 Å². The Hall–Kier alpha value is -1.54. The maximum Gasteiger partial charge on any atom is 0.258 e. The first kappa shape index (κ1) is 13.9. The van der Waals surface area contributed by atoms with Gasteiger partial charge in [-0.15, -0.1) is 0 Å². The molecule has 19 heavy (non-hydrogen) atoms. The van der Waals surface area contributed by atoms with Crippen LogP contribution in [0.3, 0.4) is 0 Å². The smallest absolute Gasteiger partial charge is 0.258 e. The van der Waals surface area contributed by atoms with Crippen LogP contribution in [0.2, 0.25) is 0 Å². The third-order valence-electron chi connectivity index (χ3n) is 3.46. The molecular formula is C14H15BrN2O2. The lowest BCUT2D eigenvalue weighted by molar-refractivity contribution is 0.0706. The Bertz CT molecular complexity index is 519. The molecule has 1 aromatic carbocycles. The van der Waals surface area contributed by atoms with Crippen LogP contribution in [0.4, 0.5) is 0 Å². The standard InChI is InChI=1S/C14H15BrN2O2/c15-10-5-6-12(13(18)9-10)14(19)17(8-7-16)11-3-1-2-4-11/h5-6,9,11,18H,1-4,8H2. The van der Waals surface area contributed by atoms with Gasteiger partial charge in [-0.2, -0.15) is 5.26 Å². The zero-order valence-corrected chi connectivity index (χ0v) is 12.1. The Kier molecular flexibility index (Phi) is 4.43. The van der Waals surface area contributed by atoms with E-state index < -0.39 is 0 Å².